The van der Waals surface area contributed by atoms with Crippen LogP contribution in [0, 0.1) is 0 Å². The van der Waals surface area contributed by atoms with E-state index in [1.165, 1.54) is 0 Å². The largest absolute Gasteiger partial charge is 0.497 e. The fourth-order valence-corrected chi connectivity index (χ4v) is 2.90. The molecule has 1 aliphatic rings. The van der Waals surface area contributed by atoms with Crippen molar-refractivity contribution in [2.24, 2.45) is 0 Å². The number of ether oxygens (including phenoxy) is 1. The Morgan fingerprint density at radius 1 is 1.15 bits per heavy atom. The van der Waals surface area contributed by atoms with Gasteiger partial charge in [-0.3, -0.25) is 4.79 Å². The Labute approximate surface area is 159 Å². The molecule has 3 rings (SSSR count). The zero-order valence-corrected chi connectivity index (χ0v) is 16.1. The number of rotatable bonds is 7. The summed E-state index contributed by atoms with van der Waals surface area (Å²) in [5, 5.41) is 2.90. The number of methoxy groups -OCH3 is 1. The van der Waals surface area contributed by atoms with Gasteiger partial charge in [-0.25, -0.2) is 0 Å². The summed E-state index contributed by atoms with van der Waals surface area (Å²) in [4.78, 5) is 29.8. The Hall–Kier alpha value is -2.90. The maximum absolute atomic E-state index is 12.3. The molecular weight excluding hydrogens is 344 g/mol. The van der Waals surface area contributed by atoms with Gasteiger partial charge in [-0.05, 0) is 30.5 Å². The number of nitrogens with one attached hydrogen (secondary N) is 1. The van der Waals surface area contributed by atoms with Gasteiger partial charge in [-0.1, -0.05) is 12.1 Å². The minimum atomic E-state index is -0.0743. The van der Waals surface area contributed by atoms with E-state index in [1.54, 1.807) is 7.11 Å². The third-order valence-corrected chi connectivity index (χ3v) is 4.41. The van der Waals surface area contributed by atoms with Crippen LogP contribution in [-0.4, -0.2) is 55.2 Å². The van der Waals surface area contributed by atoms with E-state index in [4.69, 9.17) is 4.74 Å². The van der Waals surface area contributed by atoms with Crippen molar-refractivity contribution in [3.05, 3.63) is 35.7 Å². The highest BCUT2D eigenvalue weighted by Crippen LogP contribution is 2.18. The van der Waals surface area contributed by atoms with E-state index in [0.29, 0.717) is 24.1 Å². The Morgan fingerprint density at radius 2 is 1.85 bits per heavy atom. The summed E-state index contributed by atoms with van der Waals surface area (Å²) in [5.74, 6) is 2.56. The second-order valence-corrected chi connectivity index (χ2v) is 6.74. The van der Waals surface area contributed by atoms with Gasteiger partial charge in [0.15, 0.2) is 5.82 Å². The maximum Gasteiger partial charge on any atom is 0.230 e. The van der Waals surface area contributed by atoms with Crippen LogP contribution in [0.5, 0.6) is 5.75 Å². The van der Waals surface area contributed by atoms with E-state index in [1.807, 2.05) is 43.3 Å². The summed E-state index contributed by atoms with van der Waals surface area (Å²) >= 11 is 0. The first-order chi connectivity index (χ1) is 13.0. The first-order valence-corrected chi connectivity index (χ1v) is 9.12. The third-order valence-electron chi connectivity index (χ3n) is 4.41. The van der Waals surface area contributed by atoms with Gasteiger partial charge in [0, 0.05) is 27.2 Å². The van der Waals surface area contributed by atoms with Crippen molar-refractivity contribution in [1.29, 1.82) is 0 Å². The number of carbonyl (C=O) groups excluding carboxylic acids is 1. The molecule has 1 aromatic carbocycles. The van der Waals surface area contributed by atoms with Crippen LogP contribution in [0.4, 0.5) is 11.9 Å². The standard InChI is InChI=1S/C19H26N6O2/c1-24(2)18-21-16(22-19(23-18)25-10-4-5-11-25)13-20-17(26)12-14-6-8-15(27-3)9-7-14/h6-9H,4-5,10-13H2,1-3H3,(H,20,26). The number of benzene rings is 1. The molecule has 0 aliphatic carbocycles. The van der Waals surface area contributed by atoms with Gasteiger partial charge in [0.05, 0.1) is 20.1 Å². The molecule has 2 heterocycles. The summed E-state index contributed by atoms with van der Waals surface area (Å²) in [7, 11) is 5.42. The molecule has 0 saturated carbocycles. The summed E-state index contributed by atoms with van der Waals surface area (Å²) in [6.07, 6.45) is 2.60. The molecule has 8 heteroatoms. The first kappa shape index (κ1) is 18.9. The van der Waals surface area contributed by atoms with Gasteiger partial charge in [0.2, 0.25) is 17.8 Å². The summed E-state index contributed by atoms with van der Waals surface area (Å²) < 4.78 is 5.13. The average Bonchev–Trinajstić information content (AvgIpc) is 3.21. The molecule has 1 aliphatic heterocycles. The molecule has 8 nitrogen and oxygen atoms in total. The SMILES string of the molecule is COc1ccc(CC(=O)NCc2nc(N(C)C)nc(N3CCCC3)n2)cc1. The van der Waals surface area contributed by atoms with E-state index < -0.39 is 0 Å². The third kappa shape index (κ3) is 5.06. The number of nitrogens with zero attached hydrogens (tertiary/aromatic N) is 5. The molecule has 1 saturated heterocycles. The van der Waals surface area contributed by atoms with Crippen LogP contribution >= 0.6 is 0 Å². The molecule has 0 atom stereocenters. The number of hydrogen-bond acceptors (Lipinski definition) is 7. The molecule has 144 valence electrons. The predicted molar refractivity (Wildman–Crippen MR) is 104 cm³/mol. The Kier molecular flexibility index (Phi) is 6.05. The second-order valence-electron chi connectivity index (χ2n) is 6.74. The number of anilines is 2. The van der Waals surface area contributed by atoms with Crippen LogP contribution in [0.2, 0.25) is 0 Å². The van der Waals surface area contributed by atoms with Crippen molar-refractivity contribution in [3.63, 3.8) is 0 Å². The zero-order chi connectivity index (χ0) is 19.2. The topological polar surface area (TPSA) is 83.5 Å². The molecular formula is C19H26N6O2. The molecule has 0 radical (unpaired) electrons. The lowest BCUT2D eigenvalue weighted by Crippen LogP contribution is -2.28. The molecule has 0 unspecified atom stereocenters. The van der Waals surface area contributed by atoms with E-state index in [-0.39, 0.29) is 12.5 Å². The van der Waals surface area contributed by atoms with Crippen LogP contribution < -0.4 is 19.9 Å². The van der Waals surface area contributed by atoms with E-state index in [0.717, 1.165) is 37.2 Å². The molecule has 1 amide bonds. The van der Waals surface area contributed by atoms with Gasteiger partial charge in [-0.2, -0.15) is 15.0 Å². The van der Waals surface area contributed by atoms with Gasteiger partial charge in [0.25, 0.3) is 0 Å². The summed E-state index contributed by atoms with van der Waals surface area (Å²) in [5.41, 5.74) is 0.927. The summed E-state index contributed by atoms with van der Waals surface area (Å²) in [6.45, 7) is 2.19. The van der Waals surface area contributed by atoms with Crippen LogP contribution in [-0.2, 0) is 17.8 Å². The zero-order valence-electron chi connectivity index (χ0n) is 16.1. The number of carbonyl (C=O) groups is 1. The van der Waals surface area contributed by atoms with Crippen molar-refractivity contribution in [3.8, 4) is 5.75 Å². The van der Waals surface area contributed by atoms with E-state index >= 15 is 0 Å². The average molecular weight is 370 g/mol. The van der Waals surface area contributed by atoms with Crippen LogP contribution in [0.25, 0.3) is 0 Å². The van der Waals surface area contributed by atoms with Crippen molar-refractivity contribution in [1.82, 2.24) is 20.3 Å². The van der Waals surface area contributed by atoms with Crippen LogP contribution in [0.1, 0.15) is 24.2 Å². The van der Waals surface area contributed by atoms with Crippen molar-refractivity contribution < 1.29 is 9.53 Å². The minimum absolute atomic E-state index is 0.0743. The normalized spacial score (nSPS) is 13.5. The molecule has 0 bridgehead atoms. The van der Waals surface area contributed by atoms with Gasteiger partial charge in [0.1, 0.15) is 5.75 Å². The summed E-state index contributed by atoms with van der Waals surface area (Å²) in [6, 6.07) is 7.47. The number of aromatic nitrogens is 3. The molecule has 2 aromatic rings. The monoisotopic (exact) mass is 370 g/mol. The fraction of sp³-hybridized carbons (Fsp3) is 0.474. The van der Waals surface area contributed by atoms with E-state index in [9.17, 15) is 4.79 Å². The molecule has 27 heavy (non-hydrogen) atoms. The van der Waals surface area contributed by atoms with Gasteiger partial charge in [-0.15, -0.1) is 0 Å². The van der Waals surface area contributed by atoms with Crippen molar-refractivity contribution >= 4 is 17.8 Å². The first-order valence-electron chi connectivity index (χ1n) is 9.12. The number of amides is 1. The van der Waals surface area contributed by atoms with Crippen molar-refractivity contribution in [2.45, 2.75) is 25.8 Å². The van der Waals surface area contributed by atoms with Gasteiger partial charge >= 0.3 is 0 Å². The fourth-order valence-electron chi connectivity index (χ4n) is 2.90. The number of hydrogen-bond donors (Lipinski definition) is 1. The highest BCUT2D eigenvalue weighted by atomic mass is 16.5. The van der Waals surface area contributed by atoms with Gasteiger partial charge < -0.3 is 19.9 Å². The molecule has 1 N–H and O–H groups in total. The highest BCUT2D eigenvalue weighted by Gasteiger charge is 2.18. The lowest BCUT2D eigenvalue weighted by Gasteiger charge is -2.19. The predicted octanol–water partition coefficient (Wildman–Crippen LogP) is 1.41. The minimum Gasteiger partial charge on any atom is -0.497 e. The molecule has 1 aromatic heterocycles. The Morgan fingerprint density at radius 3 is 2.48 bits per heavy atom. The lowest BCUT2D eigenvalue weighted by atomic mass is 10.1. The van der Waals surface area contributed by atoms with Crippen LogP contribution in [0.15, 0.2) is 24.3 Å². The van der Waals surface area contributed by atoms with Crippen LogP contribution in [0.3, 0.4) is 0 Å². The Bertz CT molecular complexity index is 772. The lowest BCUT2D eigenvalue weighted by molar-refractivity contribution is -0.120. The molecule has 1 fully saturated rings. The van der Waals surface area contributed by atoms with Crippen molar-refractivity contribution in [2.75, 3.05) is 44.1 Å². The Balaban J connectivity index is 1.64. The molecule has 0 spiro atoms. The maximum atomic E-state index is 12.3. The smallest absolute Gasteiger partial charge is 0.230 e. The second kappa shape index (κ2) is 8.66. The van der Waals surface area contributed by atoms with E-state index in [2.05, 4.69) is 25.2 Å². The highest BCUT2D eigenvalue weighted by molar-refractivity contribution is 5.78. The quantitative estimate of drug-likeness (QED) is 0.789.